The van der Waals surface area contributed by atoms with Gasteiger partial charge in [0.05, 0.1) is 0 Å². The molecule has 2 aromatic rings. The first kappa shape index (κ1) is 12.4. The number of halogens is 1. The fourth-order valence-electron chi connectivity index (χ4n) is 1.20. The van der Waals surface area contributed by atoms with Crippen molar-refractivity contribution in [1.29, 1.82) is 0 Å². The smallest absolute Gasteiger partial charge is 0.276 e. The zero-order valence-electron chi connectivity index (χ0n) is 8.97. The molecule has 2 rings (SSSR count). The summed E-state index contributed by atoms with van der Waals surface area (Å²) in [5.74, 6) is 1.24. The molecule has 1 aromatic carbocycles. The van der Waals surface area contributed by atoms with Crippen LogP contribution in [0.5, 0.6) is 0 Å². The summed E-state index contributed by atoms with van der Waals surface area (Å²) in [6, 6.07) is 7.22. The molecule has 0 atom stereocenters. The molecule has 0 aliphatic carbocycles. The first-order chi connectivity index (χ1) is 8.29. The van der Waals surface area contributed by atoms with E-state index in [0.29, 0.717) is 22.6 Å². The van der Waals surface area contributed by atoms with Crippen LogP contribution < -0.4 is 0 Å². The van der Waals surface area contributed by atoms with Gasteiger partial charge in [-0.15, -0.1) is 10.2 Å². The van der Waals surface area contributed by atoms with Gasteiger partial charge in [-0.3, -0.25) is 0 Å². The van der Waals surface area contributed by atoms with E-state index in [0.717, 1.165) is 11.3 Å². The van der Waals surface area contributed by atoms with E-state index >= 15 is 0 Å². The highest BCUT2D eigenvalue weighted by atomic mass is 35.5. The van der Waals surface area contributed by atoms with Crippen LogP contribution in [0.4, 0.5) is 0 Å². The Morgan fingerprint density at radius 2 is 2.00 bits per heavy atom. The van der Waals surface area contributed by atoms with Crippen LogP contribution in [0.15, 0.2) is 33.9 Å². The summed E-state index contributed by atoms with van der Waals surface area (Å²) in [7, 11) is 0. The third kappa shape index (κ3) is 3.46. The van der Waals surface area contributed by atoms with Gasteiger partial charge in [-0.05, 0) is 30.7 Å². The minimum Gasteiger partial charge on any atom is -0.411 e. The summed E-state index contributed by atoms with van der Waals surface area (Å²) in [4.78, 5) is 0. The topological polar surface area (TPSA) is 59.2 Å². The fourth-order valence-corrected chi connectivity index (χ4v) is 2.01. The van der Waals surface area contributed by atoms with Gasteiger partial charge < -0.3 is 9.52 Å². The first-order valence-corrected chi connectivity index (χ1v) is 6.49. The molecule has 17 heavy (non-hydrogen) atoms. The number of aliphatic hydroxyl groups is 1. The van der Waals surface area contributed by atoms with E-state index in [1.807, 2.05) is 12.1 Å². The SMILES string of the molecule is OCCCSc1nnc(-c2ccc(Cl)cc2)o1. The number of nitrogens with zero attached hydrogens (tertiary/aromatic N) is 2. The second kappa shape index (κ2) is 6.05. The average Bonchev–Trinajstić information content (AvgIpc) is 2.79. The van der Waals surface area contributed by atoms with Crippen molar-refractivity contribution in [2.45, 2.75) is 11.6 Å². The van der Waals surface area contributed by atoms with Crippen LogP contribution in [0.3, 0.4) is 0 Å². The molecule has 6 heteroatoms. The molecule has 0 saturated carbocycles. The summed E-state index contributed by atoms with van der Waals surface area (Å²) in [5, 5.41) is 17.7. The highest BCUT2D eigenvalue weighted by Gasteiger charge is 2.08. The monoisotopic (exact) mass is 270 g/mol. The van der Waals surface area contributed by atoms with Crippen LogP contribution in [0.2, 0.25) is 5.02 Å². The third-order valence-corrected chi connectivity index (χ3v) is 3.18. The van der Waals surface area contributed by atoms with Gasteiger partial charge in [0, 0.05) is 22.9 Å². The van der Waals surface area contributed by atoms with Gasteiger partial charge in [0.25, 0.3) is 5.22 Å². The summed E-state index contributed by atoms with van der Waals surface area (Å²) < 4.78 is 5.47. The van der Waals surface area contributed by atoms with E-state index in [-0.39, 0.29) is 6.61 Å². The van der Waals surface area contributed by atoms with Crippen molar-refractivity contribution in [1.82, 2.24) is 10.2 Å². The molecule has 0 radical (unpaired) electrons. The zero-order valence-corrected chi connectivity index (χ0v) is 10.5. The lowest BCUT2D eigenvalue weighted by Crippen LogP contribution is -1.85. The van der Waals surface area contributed by atoms with Crippen molar-refractivity contribution in [3.63, 3.8) is 0 Å². The van der Waals surface area contributed by atoms with Gasteiger partial charge in [-0.25, -0.2) is 0 Å². The quantitative estimate of drug-likeness (QED) is 0.669. The van der Waals surface area contributed by atoms with E-state index in [9.17, 15) is 0 Å². The number of aliphatic hydroxyl groups excluding tert-OH is 1. The van der Waals surface area contributed by atoms with Crippen LogP contribution in [0.25, 0.3) is 11.5 Å². The molecule has 1 aromatic heterocycles. The Hall–Kier alpha value is -1.04. The largest absolute Gasteiger partial charge is 0.411 e. The number of rotatable bonds is 5. The van der Waals surface area contributed by atoms with E-state index in [1.165, 1.54) is 11.8 Å². The number of benzene rings is 1. The third-order valence-electron chi connectivity index (χ3n) is 2.03. The van der Waals surface area contributed by atoms with Gasteiger partial charge in [0.2, 0.25) is 5.89 Å². The molecule has 0 saturated heterocycles. The highest BCUT2D eigenvalue weighted by molar-refractivity contribution is 7.99. The number of hydrogen-bond donors (Lipinski definition) is 1. The molecule has 1 N–H and O–H groups in total. The van der Waals surface area contributed by atoms with Crippen molar-refractivity contribution in [2.75, 3.05) is 12.4 Å². The van der Waals surface area contributed by atoms with E-state index in [2.05, 4.69) is 10.2 Å². The Morgan fingerprint density at radius 3 is 2.71 bits per heavy atom. The molecule has 0 unspecified atom stereocenters. The van der Waals surface area contributed by atoms with Crippen LogP contribution >= 0.6 is 23.4 Å². The lowest BCUT2D eigenvalue weighted by atomic mass is 10.2. The summed E-state index contributed by atoms with van der Waals surface area (Å²) >= 11 is 7.23. The highest BCUT2D eigenvalue weighted by Crippen LogP contribution is 2.24. The fraction of sp³-hybridized carbons (Fsp3) is 0.273. The molecule has 0 amide bonds. The Morgan fingerprint density at radius 1 is 1.24 bits per heavy atom. The van der Waals surface area contributed by atoms with Gasteiger partial charge in [0.1, 0.15) is 0 Å². The maximum Gasteiger partial charge on any atom is 0.276 e. The van der Waals surface area contributed by atoms with E-state index in [4.69, 9.17) is 21.1 Å². The van der Waals surface area contributed by atoms with E-state index in [1.54, 1.807) is 12.1 Å². The molecule has 90 valence electrons. The molecular weight excluding hydrogens is 260 g/mol. The standard InChI is InChI=1S/C11H11ClN2O2S/c12-9-4-2-8(3-5-9)10-13-14-11(16-10)17-7-1-6-15/h2-5,15H,1,6-7H2. The number of hydrogen-bond acceptors (Lipinski definition) is 5. The maximum absolute atomic E-state index is 8.66. The second-order valence-electron chi connectivity index (χ2n) is 3.31. The zero-order chi connectivity index (χ0) is 12.1. The number of aromatic nitrogens is 2. The predicted octanol–water partition coefficient (Wildman–Crippen LogP) is 2.86. The normalized spacial score (nSPS) is 10.7. The molecular formula is C11H11ClN2O2S. The van der Waals surface area contributed by atoms with Crippen LogP contribution in [0.1, 0.15) is 6.42 Å². The summed E-state index contributed by atoms with van der Waals surface area (Å²) in [6.07, 6.45) is 0.712. The van der Waals surface area contributed by atoms with Crippen molar-refractivity contribution in [3.05, 3.63) is 29.3 Å². The second-order valence-corrected chi connectivity index (χ2v) is 4.79. The van der Waals surface area contributed by atoms with E-state index < -0.39 is 0 Å². The molecule has 0 aliphatic heterocycles. The van der Waals surface area contributed by atoms with Crippen molar-refractivity contribution in [2.24, 2.45) is 0 Å². The Kier molecular flexibility index (Phi) is 4.42. The van der Waals surface area contributed by atoms with Crippen LogP contribution in [-0.4, -0.2) is 27.7 Å². The summed E-state index contributed by atoms with van der Waals surface area (Å²) in [5.41, 5.74) is 0.843. The lowest BCUT2D eigenvalue weighted by Gasteiger charge is -1.94. The lowest BCUT2D eigenvalue weighted by molar-refractivity contribution is 0.296. The van der Waals surface area contributed by atoms with Crippen molar-refractivity contribution in [3.8, 4) is 11.5 Å². The van der Waals surface area contributed by atoms with Crippen molar-refractivity contribution >= 4 is 23.4 Å². The Bertz CT molecular complexity index is 473. The minimum absolute atomic E-state index is 0.172. The molecule has 1 heterocycles. The molecule has 0 aliphatic rings. The van der Waals surface area contributed by atoms with Crippen molar-refractivity contribution < 1.29 is 9.52 Å². The predicted molar refractivity (Wildman–Crippen MR) is 67.2 cm³/mol. The first-order valence-electron chi connectivity index (χ1n) is 5.12. The van der Waals surface area contributed by atoms with Gasteiger partial charge in [-0.1, -0.05) is 23.4 Å². The summed E-state index contributed by atoms with van der Waals surface area (Å²) in [6.45, 7) is 0.172. The average molecular weight is 271 g/mol. The van der Waals surface area contributed by atoms with Crippen LogP contribution in [0, 0.1) is 0 Å². The molecule has 4 nitrogen and oxygen atoms in total. The number of thioether (sulfide) groups is 1. The molecule has 0 spiro atoms. The minimum atomic E-state index is 0.172. The van der Waals surface area contributed by atoms with Gasteiger partial charge in [0.15, 0.2) is 0 Å². The van der Waals surface area contributed by atoms with Gasteiger partial charge >= 0.3 is 0 Å². The maximum atomic E-state index is 8.66. The van der Waals surface area contributed by atoms with Crippen LogP contribution in [-0.2, 0) is 0 Å². The molecule has 0 fully saturated rings. The Labute approximate surface area is 108 Å². The van der Waals surface area contributed by atoms with Gasteiger partial charge in [-0.2, -0.15) is 0 Å². The molecule has 0 bridgehead atoms. The Balaban J connectivity index is 2.04.